The molecule has 0 fully saturated rings. The zero-order valence-corrected chi connectivity index (χ0v) is 15.6. The number of carbonyl (C=O) groups is 2. The first-order valence-corrected chi connectivity index (χ1v) is 9.14. The van der Waals surface area contributed by atoms with Crippen molar-refractivity contribution >= 4 is 11.8 Å². The third-order valence-electron chi connectivity index (χ3n) is 4.29. The summed E-state index contributed by atoms with van der Waals surface area (Å²) in [4.78, 5) is 30.3. The van der Waals surface area contributed by atoms with E-state index in [0.29, 0.717) is 24.2 Å². The van der Waals surface area contributed by atoms with Gasteiger partial charge in [0.25, 0.3) is 11.8 Å². The van der Waals surface area contributed by atoms with Gasteiger partial charge in [0.1, 0.15) is 0 Å². The number of aromatic nitrogens is 1. The monoisotopic (exact) mass is 353 g/mol. The second-order valence-corrected chi connectivity index (χ2v) is 6.37. The molecule has 0 saturated carbocycles. The molecule has 1 aromatic carbocycles. The van der Waals surface area contributed by atoms with E-state index in [1.807, 2.05) is 12.1 Å². The first kappa shape index (κ1) is 19.6. The van der Waals surface area contributed by atoms with E-state index < -0.39 is 0 Å². The molecule has 0 radical (unpaired) electrons. The molecule has 0 aliphatic carbocycles. The second kappa shape index (κ2) is 10.3. The van der Waals surface area contributed by atoms with Crippen LogP contribution in [-0.2, 0) is 6.42 Å². The molecule has 0 unspecified atom stereocenters. The number of rotatable bonds is 9. The van der Waals surface area contributed by atoms with Gasteiger partial charge in [0, 0.05) is 43.7 Å². The van der Waals surface area contributed by atoms with Crippen molar-refractivity contribution in [2.75, 3.05) is 20.1 Å². The fourth-order valence-electron chi connectivity index (χ4n) is 2.61. The number of hydrogen-bond acceptors (Lipinski definition) is 3. The van der Waals surface area contributed by atoms with Crippen LogP contribution in [-0.4, -0.2) is 41.8 Å². The van der Waals surface area contributed by atoms with Gasteiger partial charge in [-0.25, -0.2) is 0 Å². The zero-order chi connectivity index (χ0) is 18.8. The van der Waals surface area contributed by atoms with Gasteiger partial charge in [0.05, 0.1) is 0 Å². The minimum atomic E-state index is -0.0915. The van der Waals surface area contributed by atoms with E-state index in [0.717, 1.165) is 31.2 Å². The van der Waals surface area contributed by atoms with Crippen molar-refractivity contribution in [3.05, 3.63) is 65.5 Å². The zero-order valence-electron chi connectivity index (χ0n) is 15.6. The predicted molar refractivity (Wildman–Crippen MR) is 103 cm³/mol. The van der Waals surface area contributed by atoms with Gasteiger partial charge < -0.3 is 10.2 Å². The van der Waals surface area contributed by atoms with Crippen LogP contribution in [0.25, 0.3) is 0 Å². The fraction of sp³-hybridized carbons (Fsp3) is 0.381. The number of carbonyl (C=O) groups excluding carboxylic acids is 2. The van der Waals surface area contributed by atoms with E-state index in [4.69, 9.17) is 0 Å². The van der Waals surface area contributed by atoms with Crippen molar-refractivity contribution in [3.8, 4) is 0 Å². The molecule has 138 valence electrons. The lowest BCUT2D eigenvalue weighted by atomic mass is 10.1. The molecular formula is C21H27N3O2. The van der Waals surface area contributed by atoms with Gasteiger partial charge in [-0.2, -0.15) is 0 Å². The highest BCUT2D eigenvalue weighted by molar-refractivity contribution is 5.97. The van der Waals surface area contributed by atoms with Crippen LogP contribution < -0.4 is 5.32 Å². The van der Waals surface area contributed by atoms with Gasteiger partial charge in [0.15, 0.2) is 0 Å². The summed E-state index contributed by atoms with van der Waals surface area (Å²) < 4.78 is 0. The van der Waals surface area contributed by atoms with Crippen molar-refractivity contribution < 1.29 is 9.59 Å². The van der Waals surface area contributed by atoms with E-state index in [-0.39, 0.29) is 11.8 Å². The molecule has 2 amide bonds. The SMILES string of the molecule is CCCCCNC(=O)c1ccc(C(=O)N(C)CCc2ccncc2)cc1. The number of amides is 2. The first-order valence-electron chi connectivity index (χ1n) is 9.14. The minimum Gasteiger partial charge on any atom is -0.352 e. The average Bonchev–Trinajstić information content (AvgIpc) is 2.69. The summed E-state index contributed by atoms with van der Waals surface area (Å²) in [6.07, 6.45) is 7.51. The molecule has 26 heavy (non-hydrogen) atoms. The van der Waals surface area contributed by atoms with Crippen LogP contribution in [0.3, 0.4) is 0 Å². The van der Waals surface area contributed by atoms with Gasteiger partial charge in [-0.3, -0.25) is 14.6 Å². The average molecular weight is 353 g/mol. The number of nitrogens with zero attached hydrogens (tertiary/aromatic N) is 2. The molecule has 0 aliphatic rings. The molecule has 0 bridgehead atoms. The van der Waals surface area contributed by atoms with Gasteiger partial charge in [-0.15, -0.1) is 0 Å². The Hall–Kier alpha value is -2.69. The third kappa shape index (κ3) is 5.99. The number of pyridine rings is 1. The lowest BCUT2D eigenvalue weighted by Gasteiger charge is -2.17. The highest BCUT2D eigenvalue weighted by Gasteiger charge is 2.13. The Kier molecular flexibility index (Phi) is 7.80. The molecule has 0 spiro atoms. The molecule has 1 N–H and O–H groups in total. The Morgan fingerprint density at radius 3 is 2.31 bits per heavy atom. The Balaban J connectivity index is 1.86. The fourth-order valence-corrected chi connectivity index (χ4v) is 2.61. The van der Waals surface area contributed by atoms with Crippen molar-refractivity contribution in [1.29, 1.82) is 0 Å². The molecular weight excluding hydrogens is 326 g/mol. The third-order valence-corrected chi connectivity index (χ3v) is 4.29. The number of unbranched alkanes of at least 4 members (excludes halogenated alkanes) is 2. The summed E-state index contributed by atoms with van der Waals surface area (Å²) in [7, 11) is 1.79. The topological polar surface area (TPSA) is 62.3 Å². The molecule has 5 nitrogen and oxygen atoms in total. The maximum Gasteiger partial charge on any atom is 0.253 e. The quantitative estimate of drug-likeness (QED) is 0.704. The summed E-state index contributed by atoms with van der Waals surface area (Å²) in [6.45, 7) is 3.44. The molecule has 1 aromatic heterocycles. The number of likely N-dealkylation sites (N-methyl/N-ethyl adjacent to an activating group) is 1. The lowest BCUT2D eigenvalue weighted by molar-refractivity contribution is 0.0795. The van der Waals surface area contributed by atoms with Gasteiger partial charge in [0.2, 0.25) is 0 Å². The largest absolute Gasteiger partial charge is 0.352 e. The van der Waals surface area contributed by atoms with Crippen LogP contribution >= 0.6 is 0 Å². The van der Waals surface area contributed by atoms with Gasteiger partial charge in [-0.05, 0) is 54.8 Å². The highest BCUT2D eigenvalue weighted by atomic mass is 16.2. The second-order valence-electron chi connectivity index (χ2n) is 6.37. The van der Waals surface area contributed by atoms with Crippen molar-refractivity contribution in [1.82, 2.24) is 15.2 Å². The van der Waals surface area contributed by atoms with Crippen molar-refractivity contribution in [2.24, 2.45) is 0 Å². The van der Waals surface area contributed by atoms with Crippen LogP contribution in [0, 0.1) is 0 Å². The van der Waals surface area contributed by atoms with E-state index in [9.17, 15) is 9.59 Å². The summed E-state index contributed by atoms with van der Waals surface area (Å²) in [5, 5.41) is 2.90. The van der Waals surface area contributed by atoms with Crippen molar-refractivity contribution in [3.63, 3.8) is 0 Å². The molecule has 1 heterocycles. The van der Waals surface area contributed by atoms with Crippen LogP contribution in [0.15, 0.2) is 48.8 Å². The predicted octanol–water partition coefficient (Wildman–Crippen LogP) is 3.32. The van der Waals surface area contributed by atoms with Gasteiger partial charge in [-0.1, -0.05) is 19.8 Å². The van der Waals surface area contributed by atoms with E-state index in [1.54, 1.807) is 48.6 Å². The van der Waals surface area contributed by atoms with Gasteiger partial charge >= 0.3 is 0 Å². The molecule has 0 atom stereocenters. The van der Waals surface area contributed by atoms with Crippen molar-refractivity contribution in [2.45, 2.75) is 32.6 Å². The Labute approximate surface area is 155 Å². The maximum atomic E-state index is 12.5. The number of nitrogens with one attached hydrogen (secondary N) is 1. The Bertz CT molecular complexity index is 699. The first-order chi connectivity index (χ1) is 12.6. The minimum absolute atomic E-state index is 0.0473. The summed E-state index contributed by atoms with van der Waals surface area (Å²) >= 11 is 0. The van der Waals surface area contributed by atoms with E-state index in [1.165, 1.54) is 0 Å². The smallest absolute Gasteiger partial charge is 0.253 e. The Morgan fingerprint density at radius 1 is 1.00 bits per heavy atom. The van der Waals surface area contributed by atoms with Crippen LogP contribution in [0.5, 0.6) is 0 Å². The highest BCUT2D eigenvalue weighted by Crippen LogP contribution is 2.08. The summed E-state index contributed by atoms with van der Waals surface area (Å²) in [5.41, 5.74) is 2.32. The number of hydrogen-bond donors (Lipinski definition) is 1. The Morgan fingerprint density at radius 2 is 1.65 bits per heavy atom. The van der Waals surface area contributed by atoms with Crippen LogP contribution in [0.1, 0.15) is 52.5 Å². The summed E-state index contributed by atoms with van der Waals surface area (Å²) in [5.74, 6) is -0.139. The molecule has 5 heteroatoms. The molecule has 0 aliphatic heterocycles. The molecule has 0 saturated heterocycles. The maximum absolute atomic E-state index is 12.5. The normalized spacial score (nSPS) is 10.4. The summed E-state index contributed by atoms with van der Waals surface area (Å²) in [6, 6.07) is 10.7. The molecule has 2 rings (SSSR count). The number of benzene rings is 1. The van der Waals surface area contributed by atoms with Crippen LogP contribution in [0.4, 0.5) is 0 Å². The van der Waals surface area contributed by atoms with Crippen LogP contribution in [0.2, 0.25) is 0 Å². The molecule has 2 aromatic rings. The standard InChI is InChI=1S/C21H27N3O2/c1-3-4-5-13-23-20(25)18-6-8-19(9-7-18)21(26)24(2)16-12-17-10-14-22-15-11-17/h6-11,14-15H,3-5,12-13,16H2,1-2H3,(H,23,25). The van der Waals surface area contributed by atoms with E-state index >= 15 is 0 Å². The van der Waals surface area contributed by atoms with E-state index in [2.05, 4.69) is 17.2 Å². The lowest BCUT2D eigenvalue weighted by Crippen LogP contribution is -2.29.